The normalized spacial score (nSPS) is 9.22. The van der Waals surface area contributed by atoms with Crippen molar-refractivity contribution in [1.82, 2.24) is 0 Å². The van der Waals surface area contributed by atoms with Crippen LogP contribution in [-0.4, -0.2) is 17.0 Å². The van der Waals surface area contributed by atoms with E-state index in [1.165, 1.54) is 12.1 Å². The smallest absolute Gasteiger partial charge is 0.119 e. The average Bonchev–Trinajstić information content (AvgIpc) is 2.68. The number of hydrogen-bond acceptors (Lipinski definition) is 4. The third-order valence-electron chi connectivity index (χ3n) is 2.87. The molecule has 0 spiro atoms. The number of halogens is 1. The van der Waals surface area contributed by atoms with Crippen molar-refractivity contribution in [3.8, 4) is 23.6 Å². The number of benzene rings is 2. The summed E-state index contributed by atoms with van der Waals surface area (Å²) in [6.07, 6.45) is 0. The summed E-state index contributed by atoms with van der Waals surface area (Å²) in [6, 6.07) is 17.3. The SMILES string of the molecule is CC(C)CBr.CC(C)COc1ccc(C#N)cc1.N#Cc1ccc(O)cc1. The molecular weight excluding hydrogens is 404 g/mol. The van der Waals surface area contributed by atoms with Gasteiger partial charge in [0, 0.05) is 5.33 Å². The second-order valence-corrected chi connectivity index (χ2v) is 7.20. The van der Waals surface area contributed by atoms with E-state index in [9.17, 15) is 0 Å². The molecule has 27 heavy (non-hydrogen) atoms. The molecule has 2 aromatic rings. The van der Waals surface area contributed by atoms with E-state index in [1.54, 1.807) is 24.3 Å². The van der Waals surface area contributed by atoms with Crippen molar-refractivity contribution >= 4 is 15.9 Å². The molecule has 0 fully saturated rings. The van der Waals surface area contributed by atoms with Gasteiger partial charge in [0.25, 0.3) is 0 Å². The molecule has 0 aromatic heterocycles. The van der Waals surface area contributed by atoms with E-state index in [4.69, 9.17) is 20.4 Å². The number of hydrogen-bond donors (Lipinski definition) is 1. The molecule has 0 radical (unpaired) electrons. The van der Waals surface area contributed by atoms with Gasteiger partial charge in [-0.1, -0.05) is 43.6 Å². The fourth-order valence-corrected chi connectivity index (χ4v) is 1.42. The van der Waals surface area contributed by atoms with Crippen LogP contribution in [-0.2, 0) is 0 Å². The molecular formula is C22H27BrN2O2. The number of nitrogens with zero attached hydrogens (tertiary/aromatic N) is 2. The second-order valence-electron chi connectivity index (χ2n) is 6.55. The maximum Gasteiger partial charge on any atom is 0.119 e. The van der Waals surface area contributed by atoms with Crippen LogP contribution in [0.4, 0.5) is 0 Å². The summed E-state index contributed by atoms with van der Waals surface area (Å²) in [6.45, 7) is 9.27. The Morgan fingerprint density at radius 3 is 1.59 bits per heavy atom. The Hall–Kier alpha value is -2.50. The van der Waals surface area contributed by atoms with Gasteiger partial charge in [-0.05, 0) is 60.4 Å². The lowest BCUT2D eigenvalue weighted by Crippen LogP contribution is -2.04. The lowest BCUT2D eigenvalue weighted by Gasteiger charge is -2.07. The molecule has 2 rings (SSSR count). The fourth-order valence-electron chi connectivity index (χ4n) is 1.42. The Morgan fingerprint density at radius 1 is 0.852 bits per heavy atom. The Labute approximate surface area is 171 Å². The largest absolute Gasteiger partial charge is 0.508 e. The Balaban J connectivity index is 0.000000419. The van der Waals surface area contributed by atoms with Gasteiger partial charge in [-0.3, -0.25) is 0 Å². The summed E-state index contributed by atoms with van der Waals surface area (Å²) in [5, 5.41) is 26.7. The van der Waals surface area contributed by atoms with Crippen molar-refractivity contribution in [2.75, 3.05) is 11.9 Å². The summed E-state index contributed by atoms with van der Waals surface area (Å²) in [5.74, 6) is 2.34. The highest BCUT2D eigenvalue weighted by Crippen LogP contribution is 2.12. The first-order valence-corrected chi connectivity index (χ1v) is 9.82. The van der Waals surface area contributed by atoms with Crippen molar-refractivity contribution < 1.29 is 9.84 Å². The van der Waals surface area contributed by atoms with Gasteiger partial charge in [-0.15, -0.1) is 0 Å². The minimum Gasteiger partial charge on any atom is -0.508 e. The molecule has 0 saturated carbocycles. The van der Waals surface area contributed by atoms with Gasteiger partial charge in [-0.25, -0.2) is 0 Å². The molecule has 0 atom stereocenters. The highest BCUT2D eigenvalue weighted by Gasteiger charge is 1.96. The quantitative estimate of drug-likeness (QED) is 0.612. The summed E-state index contributed by atoms with van der Waals surface area (Å²) < 4.78 is 5.46. The van der Waals surface area contributed by atoms with E-state index >= 15 is 0 Å². The monoisotopic (exact) mass is 430 g/mol. The Morgan fingerprint density at radius 2 is 1.26 bits per heavy atom. The number of nitriles is 2. The number of phenolic OH excluding ortho intramolecular Hbond substituents is 1. The van der Waals surface area contributed by atoms with Gasteiger partial charge in [0.2, 0.25) is 0 Å². The third-order valence-corrected chi connectivity index (χ3v) is 4.17. The first kappa shape index (κ1) is 24.5. The van der Waals surface area contributed by atoms with Gasteiger partial charge < -0.3 is 9.84 Å². The number of aromatic hydroxyl groups is 1. The van der Waals surface area contributed by atoms with E-state index < -0.39 is 0 Å². The highest BCUT2D eigenvalue weighted by molar-refractivity contribution is 9.09. The second kappa shape index (κ2) is 14.6. The summed E-state index contributed by atoms with van der Waals surface area (Å²) in [7, 11) is 0. The highest BCUT2D eigenvalue weighted by atomic mass is 79.9. The van der Waals surface area contributed by atoms with Gasteiger partial charge in [0.05, 0.1) is 29.9 Å². The van der Waals surface area contributed by atoms with Crippen molar-refractivity contribution in [3.63, 3.8) is 0 Å². The molecule has 0 amide bonds. The zero-order valence-electron chi connectivity index (χ0n) is 16.3. The van der Waals surface area contributed by atoms with Gasteiger partial charge >= 0.3 is 0 Å². The van der Waals surface area contributed by atoms with Crippen LogP contribution in [0.3, 0.4) is 0 Å². The lowest BCUT2D eigenvalue weighted by atomic mass is 10.2. The topological polar surface area (TPSA) is 77.0 Å². The molecule has 1 N–H and O–H groups in total. The number of rotatable bonds is 4. The van der Waals surface area contributed by atoms with Crippen molar-refractivity contribution in [2.24, 2.45) is 11.8 Å². The zero-order chi connectivity index (χ0) is 20.7. The average molecular weight is 431 g/mol. The van der Waals surface area contributed by atoms with Crippen LogP contribution < -0.4 is 4.74 Å². The van der Waals surface area contributed by atoms with E-state index in [2.05, 4.69) is 49.7 Å². The minimum absolute atomic E-state index is 0.189. The predicted octanol–water partition coefficient (Wildman–Crippen LogP) is 5.89. The molecule has 2 aromatic carbocycles. The summed E-state index contributed by atoms with van der Waals surface area (Å²) in [4.78, 5) is 0. The van der Waals surface area contributed by atoms with Crippen LogP contribution in [0.25, 0.3) is 0 Å². The van der Waals surface area contributed by atoms with Gasteiger partial charge in [-0.2, -0.15) is 10.5 Å². The maximum absolute atomic E-state index is 8.74. The number of ether oxygens (including phenoxy) is 1. The lowest BCUT2D eigenvalue weighted by molar-refractivity contribution is 0.271. The molecule has 4 nitrogen and oxygen atoms in total. The standard InChI is InChI=1S/C11H13NO.C7H5NO.C4H9Br/c1-9(2)8-13-11-5-3-10(7-12)4-6-11;8-5-6-1-3-7(9)4-2-6;1-4(2)3-5/h3-6,9H,8H2,1-2H3;1-4,9H;4H,3H2,1-2H3. The van der Waals surface area contributed by atoms with Gasteiger partial charge in [0.15, 0.2) is 0 Å². The van der Waals surface area contributed by atoms with E-state index in [0.29, 0.717) is 23.7 Å². The van der Waals surface area contributed by atoms with Gasteiger partial charge in [0.1, 0.15) is 11.5 Å². The first-order valence-electron chi connectivity index (χ1n) is 8.70. The van der Waals surface area contributed by atoms with Crippen LogP contribution in [0.15, 0.2) is 48.5 Å². The van der Waals surface area contributed by atoms with Crippen molar-refractivity contribution in [1.29, 1.82) is 10.5 Å². The molecule has 0 saturated heterocycles. The molecule has 144 valence electrons. The molecule has 0 bridgehead atoms. The Kier molecular flexibility index (Phi) is 13.3. The first-order chi connectivity index (χ1) is 12.8. The summed E-state index contributed by atoms with van der Waals surface area (Å²) >= 11 is 3.31. The van der Waals surface area contributed by atoms with Crippen LogP contribution in [0.5, 0.6) is 11.5 Å². The van der Waals surface area contributed by atoms with Crippen LogP contribution in [0.1, 0.15) is 38.8 Å². The predicted molar refractivity (Wildman–Crippen MR) is 113 cm³/mol. The van der Waals surface area contributed by atoms with Crippen LogP contribution >= 0.6 is 15.9 Å². The molecule has 0 aliphatic rings. The molecule has 0 aliphatic carbocycles. The van der Waals surface area contributed by atoms with Crippen LogP contribution in [0.2, 0.25) is 0 Å². The Bertz CT molecular complexity index is 712. The summed E-state index contributed by atoms with van der Waals surface area (Å²) in [5.41, 5.74) is 1.23. The minimum atomic E-state index is 0.189. The van der Waals surface area contributed by atoms with E-state index in [1.807, 2.05) is 18.2 Å². The molecule has 5 heteroatoms. The molecule has 0 unspecified atom stereocenters. The number of alkyl halides is 1. The fraction of sp³-hybridized carbons (Fsp3) is 0.364. The number of phenols is 1. The molecule has 0 heterocycles. The molecule has 0 aliphatic heterocycles. The van der Waals surface area contributed by atoms with Crippen molar-refractivity contribution in [3.05, 3.63) is 59.7 Å². The zero-order valence-corrected chi connectivity index (χ0v) is 17.9. The van der Waals surface area contributed by atoms with E-state index in [0.717, 1.165) is 17.0 Å². The van der Waals surface area contributed by atoms with E-state index in [-0.39, 0.29) is 5.75 Å². The van der Waals surface area contributed by atoms with Crippen molar-refractivity contribution in [2.45, 2.75) is 27.7 Å². The third kappa shape index (κ3) is 13.4. The van der Waals surface area contributed by atoms with Crippen LogP contribution in [0, 0.1) is 34.5 Å². The maximum atomic E-state index is 8.74.